The van der Waals surface area contributed by atoms with Crippen molar-refractivity contribution >= 4 is 27.5 Å². The van der Waals surface area contributed by atoms with Crippen LogP contribution in [0.25, 0.3) is 0 Å². The quantitative estimate of drug-likeness (QED) is 0.381. The minimum Gasteiger partial charge on any atom is -0.352 e. The molecule has 0 saturated carbocycles. The van der Waals surface area contributed by atoms with E-state index in [-0.39, 0.29) is 23.4 Å². The molecular weight excluding hydrogens is 498 g/mol. The number of hydrogen-bond acceptors (Lipinski definition) is 4. The van der Waals surface area contributed by atoms with Crippen LogP contribution in [0.1, 0.15) is 43.9 Å². The van der Waals surface area contributed by atoms with Gasteiger partial charge in [0.25, 0.3) is 10.0 Å². The van der Waals surface area contributed by atoms with Crippen LogP contribution in [0, 0.1) is 13.8 Å². The lowest BCUT2D eigenvalue weighted by Gasteiger charge is -2.32. The third kappa shape index (κ3) is 7.01. The number of benzene rings is 3. The SMILES string of the molecule is CC[C@H](C)NC(=O)[C@@H](C)N(Cc1ccccc1C)C(=O)CN(c1ccccc1)S(=O)(=O)c1ccc(C)cc1. The minimum atomic E-state index is -4.06. The summed E-state index contributed by atoms with van der Waals surface area (Å²) in [6.07, 6.45) is 0.751. The predicted octanol–water partition coefficient (Wildman–Crippen LogP) is 4.83. The average molecular weight is 536 g/mol. The second-order valence-corrected chi connectivity index (χ2v) is 11.5. The monoisotopic (exact) mass is 535 g/mol. The van der Waals surface area contributed by atoms with Gasteiger partial charge in [-0.3, -0.25) is 13.9 Å². The molecule has 0 radical (unpaired) electrons. The molecule has 0 saturated heterocycles. The van der Waals surface area contributed by atoms with Crippen molar-refractivity contribution in [3.63, 3.8) is 0 Å². The highest BCUT2D eigenvalue weighted by Crippen LogP contribution is 2.25. The van der Waals surface area contributed by atoms with Crippen molar-refractivity contribution in [1.29, 1.82) is 0 Å². The Morgan fingerprint density at radius 1 is 0.868 bits per heavy atom. The summed E-state index contributed by atoms with van der Waals surface area (Å²) in [5.74, 6) is -0.756. The van der Waals surface area contributed by atoms with Crippen molar-refractivity contribution in [3.05, 3.63) is 95.6 Å². The number of sulfonamides is 1. The van der Waals surface area contributed by atoms with Crippen LogP contribution in [0.4, 0.5) is 5.69 Å². The second kappa shape index (κ2) is 12.7. The molecule has 0 aliphatic rings. The Hall–Kier alpha value is -3.65. The molecule has 3 rings (SSSR count). The maximum Gasteiger partial charge on any atom is 0.264 e. The molecule has 0 bridgehead atoms. The van der Waals surface area contributed by atoms with E-state index >= 15 is 0 Å². The lowest BCUT2D eigenvalue weighted by molar-refractivity contribution is -0.139. The molecule has 2 amide bonds. The fourth-order valence-corrected chi connectivity index (χ4v) is 5.39. The van der Waals surface area contributed by atoms with Crippen LogP contribution in [-0.2, 0) is 26.2 Å². The Morgan fingerprint density at radius 2 is 1.47 bits per heavy atom. The van der Waals surface area contributed by atoms with Crippen molar-refractivity contribution in [3.8, 4) is 0 Å². The first-order valence-electron chi connectivity index (χ1n) is 12.8. The first kappa shape index (κ1) is 28.9. The normalized spacial score (nSPS) is 12.9. The largest absolute Gasteiger partial charge is 0.352 e. The molecule has 0 unspecified atom stereocenters. The molecule has 0 aliphatic carbocycles. The Bertz CT molecular complexity index is 1340. The van der Waals surface area contributed by atoms with E-state index in [1.807, 2.05) is 52.0 Å². The van der Waals surface area contributed by atoms with Gasteiger partial charge in [0.15, 0.2) is 0 Å². The number of anilines is 1. The van der Waals surface area contributed by atoms with Crippen LogP contribution in [-0.4, -0.2) is 43.8 Å². The topological polar surface area (TPSA) is 86.8 Å². The summed E-state index contributed by atoms with van der Waals surface area (Å²) in [5, 5.41) is 2.95. The van der Waals surface area contributed by atoms with Gasteiger partial charge >= 0.3 is 0 Å². The van der Waals surface area contributed by atoms with Crippen LogP contribution in [0.2, 0.25) is 0 Å². The first-order valence-corrected chi connectivity index (χ1v) is 14.3. The second-order valence-electron chi connectivity index (χ2n) is 9.60. The Morgan fingerprint density at radius 3 is 2.08 bits per heavy atom. The maximum absolute atomic E-state index is 13.9. The molecule has 0 aromatic heterocycles. The van der Waals surface area contributed by atoms with Gasteiger partial charge in [0, 0.05) is 12.6 Å². The van der Waals surface area contributed by atoms with Crippen LogP contribution in [0.3, 0.4) is 0 Å². The van der Waals surface area contributed by atoms with Crippen molar-refractivity contribution < 1.29 is 18.0 Å². The number of nitrogens with zero attached hydrogens (tertiary/aromatic N) is 2. The van der Waals surface area contributed by atoms with Gasteiger partial charge in [-0.25, -0.2) is 8.42 Å². The van der Waals surface area contributed by atoms with Gasteiger partial charge in [0.2, 0.25) is 11.8 Å². The number of carbonyl (C=O) groups is 2. The molecule has 0 spiro atoms. The van der Waals surface area contributed by atoms with E-state index in [4.69, 9.17) is 0 Å². The van der Waals surface area contributed by atoms with E-state index in [1.54, 1.807) is 61.5 Å². The van der Waals surface area contributed by atoms with E-state index in [2.05, 4.69) is 5.32 Å². The molecule has 7 nitrogen and oxygen atoms in total. The van der Waals surface area contributed by atoms with Gasteiger partial charge in [-0.05, 0) is 69.5 Å². The number of amides is 2. The van der Waals surface area contributed by atoms with Crippen molar-refractivity contribution in [2.24, 2.45) is 0 Å². The van der Waals surface area contributed by atoms with E-state index in [9.17, 15) is 18.0 Å². The van der Waals surface area contributed by atoms with Crippen LogP contribution >= 0.6 is 0 Å². The van der Waals surface area contributed by atoms with Gasteiger partial charge in [-0.2, -0.15) is 0 Å². The highest BCUT2D eigenvalue weighted by atomic mass is 32.2. The van der Waals surface area contributed by atoms with Crippen LogP contribution < -0.4 is 9.62 Å². The third-order valence-corrected chi connectivity index (χ3v) is 8.49. The highest BCUT2D eigenvalue weighted by molar-refractivity contribution is 7.92. The van der Waals surface area contributed by atoms with Crippen molar-refractivity contribution in [2.45, 2.75) is 64.6 Å². The molecule has 0 heterocycles. The number of carbonyl (C=O) groups excluding carboxylic acids is 2. The molecular formula is C30H37N3O4S. The van der Waals surface area contributed by atoms with Gasteiger partial charge in [-0.1, -0.05) is 67.1 Å². The van der Waals surface area contributed by atoms with Gasteiger partial charge in [-0.15, -0.1) is 0 Å². The first-order chi connectivity index (χ1) is 18.0. The fourth-order valence-electron chi connectivity index (χ4n) is 3.98. The van der Waals surface area contributed by atoms with Crippen LogP contribution in [0.5, 0.6) is 0 Å². The molecule has 8 heteroatoms. The summed E-state index contributed by atoms with van der Waals surface area (Å²) < 4.78 is 28.7. The summed E-state index contributed by atoms with van der Waals surface area (Å²) in [6.45, 7) is 9.10. The molecule has 38 heavy (non-hydrogen) atoms. The molecule has 3 aromatic rings. The molecule has 0 aliphatic heterocycles. The number of para-hydroxylation sites is 1. The standard InChI is InChI=1S/C30H37N3O4S/c1-6-24(4)31-30(35)25(5)32(20-26-13-11-10-12-23(26)3)29(34)21-33(27-14-8-7-9-15-27)38(36,37)28-18-16-22(2)17-19-28/h7-19,24-25H,6,20-21H2,1-5H3,(H,31,35)/t24-,25+/m0/s1. The summed E-state index contributed by atoms with van der Waals surface area (Å²) in [7, 11) is -4.06. The Balaban J connectivity index is 2.01. The summed E-state index contributed by atoms with van der Waals surface area (Å²) in [5.41, 5.74) is 3.16. The number of nitrogens with one attached hydrogen (secondary N) is 1. The fraction of sp³-hybridized carbons (Fsp3) is 0.333. The maximum atomic E-state index is 13.9. The van der Waals surface area contributed by atoms with Crippen molar-refractivity contribution in [2.75, 3.05) is 10.8 Å². The number of aryl methyl sites for hydroxylation is 2. The predicted molar refractivity (Wildman–Crippen MR) is 151 cm³/mol. The molecule has 202 valence electrons. The minimum absolute atomic E-state index is 0.0527. The highest BCUT2D eigenvalue weighted by Gasteiger charge is 2.32. The average Bonchev–Trinajstić information content (AvgIpc) is 2.91. The van der Waals surface area contributed by atoms with E-state index in [0.29, 0.717) is 5.69 Å². The molecule has 3 aromatic carbocycles. The molecule has 1 N–H and O–H groups in total. The summed E-state index contributed by atoms with van der Waals surface area (Å²) in [4.78, 5) is 28.6. The summed E-state index contributed by atoms with van der Waals surface area (Å²) >= 11 is 0. The van der Waals surface area contributed by atoms with Gasteiger partial charge < -0.3 is 10.2 Å². The zero-order valence-corrected chi connectivity index (χ0v) is 23.5. The number of hydrogen-bond donors (Lipinski definition) is 1. The number of rotatable bonds is 11. The lowest BCUT2D eigenvalue weighted by Crippen LogP contribution is -2.52. The zero-order chi connectivity index (χ0) is 27.9. The van der Waals surface area contributed by atoms with E-state index in [0.717, 1.165) is 27.4 Å². The third-order valence-electron chi connectivity index (χ3n) is 6.70. The van der Waals surface area contributed by atoms with E-state index in [1.165, 1.54) is 4.90 Å². The Labute approximate surface area is 226 Å². The summed E-state index contributed by atoms with van der Waals surface area (Å²) in [6, 6.07) is 21.9. The van der Waals surface area contributed by atoms with Gasteiger partial charge in [0.1, 0.15) is 12.6 Å². The van der Waals surface area contributed by atoms with Crippen LogP contribution in [0.15, 0.2) is 83.8 Å². The smallest absolute Gasteiger partial charge is 0.264 e. The molecule has 0 fully saturated rings. The molecule has 2 atom stereocenters. The zero-order valence-electron chi connectivity index (χ0n) is 22.7. The van der Waals surface area contributed by atoms with Gasteiger partial charge in [0.05, 0.1) is 10.6 Å². The Kier molecular flexibility index (Phi) is 9.69. The van der Waals surface area contributed by atoms with Crippen molar-refractivity contribution in [1.82, 2.24) is 10.2 Å². The van der Waals surface area contributed by atoms with E-state index < -0.39 is 28.5 Å². The lowest BCUT2D eigenvalue weighted by atomic mass is 10.1.